The summed E-state index contributed by atoms with van der Waals surface area (Å²) in [5.41, 5.74) is 6.28. The summed E-state index contributed by atoms with van der Waals surface area (Å²) in [4.78, 5) is 17.0. The summed E-state index contributed by atoms with van der Waals surface area (Å²) in [5.74, 6) is 0.654. The van der Waals surface area contributed by atoms with Crippen molar-refractivity contribution in [2.75, 3.05) is 25.5 Å². The Morgan fingerprint density at radius 2 is 2.33 bits per heavy atom. The predicted octanol–water partition coefficient (Wildman–Crippen LogP) is 1.59. The van der Waals surface area contributed by atoms with Gasteiger partial charge in [-0.15, -0.1) is 0 Å². The molecule has 0 aromatic heterocycles. The van der Waals surface area contributed by atoms with Gasteiger partial charge in [-0.1, -0.05) is 6.07 Å². The topological polar surface area (TPSA) is 64.8 Å². The van der Waals surface area contributed by atoms with Crippen molar-refractivity contribution in [2.24, 2.45) is 0 Å². The summed E-state index contributed by atoms with van der Waals surface area (Å²) in [6, 6.07) is 7.17. The Hall–Kier alpha value is -1.75. The van der Waals surface area contributed by atoms with E-state index >= 15 is 0 Å². The van der Waals surface area contributed by atoms with Crippen molar-refractivity contribution >= 4 is 11.6 Å². The minimum Gasteiger partial charge on any atom is -0.493 e. The maximum atomic E-state index is 11.8. The minimum absolute atomic E-state index is 0.0291. The first-order chi connectivity index (χ1) is 8.75. The average molecular weight is 250 g/mol. The minimum atomic E-state index is -0.0291. The van der Waals surface area contributed by atoms with E-state index in [0.717, 1.165) is 12.8 Å². The van der Waals surface area contributed by atoms with E-state index in [2.05, 4.69) is 0 Å². The molecule has 2 N–H and O–H groups in total. The van der Waals surface area contributed by atoms with Crippen LogP contribution in [0.15, 0.2) is 24.3 Å². The highest BCUT2D eigenvalue weighted by atomic mass is 16.7. The third-order valence-corrected chi connectivity index (χ3v) is 2.72. The number of hydroxylamine groups is 2. The number of carbonyl (C=O) groups is 1. The molecule has 0 atom stereocenters. The first-order valence-corrected chi connectivity index (χ1v) is 6.17. The molecule has 98 valence electrons. The molecule has 1 heterocycles. The Labute approximate surface area is 106 Å². The summed E-state index contributed by atoms with van der Waals surface area (Å²) in [6.45, 7) is 1.64. The van der Waals surface area contributed by atoms with Crippen molar-refractivity contribution in [3.63, 3.8) is 0 Å². The first-order valence-electron chi connectivity index (χ1n) is 6.17. The Bertz CT molecular complexity index is 403. The van der Waals surface area contributed by atoms with E-state index in [1.165, 1.54) is 5.06 Å². The van der Waals surface area contributed by atoms with Crippen LogP contribution in [0.4, 0.5) is 5.69 Å². The van der Waals surface area contributed by atoms with E-state index in [1.54, 1.807) is 12.1 Å². The van der Waals surface area contributed by atoms with Gasteiger partial charge in [0.15, 0.2) is 0 Å². The maximum absolute atomic E-state index is 11.8. The molecule has 0 spiro atoms. The molecule has 18 heavy (non-hydrogen) atoms. The Morgan fingerprint density at radius 1 is 1.44 bits per heavy atom. The summed E-state index contributed by atoms with van der Waals surface area (Å²) in [7, 11) is 0. The molecule has 2 rings (SSSR count). The molecule has 1 aromatic carbocycles. The van der Waals surface area contributed by atoms with Crippen molar-refractivity contribution in [1.29, 1.82) is 0 Å². The van der Waals surface area contributed by atoms with Crippen LogP contribution in [-0.2, 0) is 9.63 Å². The van der Waals surface area contributed by atoms with Gasteiger partial charge in [0.05, 0.1) is 19.6 Å². The highest BCUT2D eigenvalue weighted by molar-refractivity contribution is 5.75. The van der Waals surface area contributed by atoms with Crippen LogP contribution in [0.2, 0.25) is 0 Å². The van der Waals surface area contributed by atoms with Crippen LogP contribution in [-0.4, -0.2) is 30.7 Å². The quantitative estimate of drug-likeness (QED) is 0.824. The van der Waals surface area contributed by atoms with Crippen molar-refractivity contribution < 1.29 is 14.4 Å². The van der Waals surface area contributed by atoms with Crippen LogP contribution in [0, 0.1) is 0 Å². The van der Waals surface area contributed by atoms with Gasteiger partial charge in [0, 0.05) is 18.3 Å². The SMILES string of the molecule is Nc1cccc(OCCC(=O)N2CCCCO2)c1. The molecule has 0 saturated carbocycles. The summed E-state index contributed by atoms with van der Waals surface area (Å²) in [5, 5.41) is 1.44. The number of carbonyl (C=O) groups excluding carboxylic acids is 1. The van der Waals surface area contributed by atoms with Gasteiger partial charge in [0.2, 0.25) is 5.91 Å². The normalized spacial score (nSPS) is 15.4. The number of amides is 1. The second-order valence-corrected chi connectivity index (χ2v) is 4.21. The Kier molecular flexibility index (Phi) is 4.41. The molecule has 5 nitrogen and oxygen atoms in total. The molecule has 1 aromatic rings. The largest absolute Gasteiger partial charge is 0.493 e. The van der Waals surface area contributed by atoms with Gasteiger partial charge in [0.25, 0.3) is 0 Å². The third-order valence-electron chi connectivity index (χ3n) is 2.72. The Morgan fingerprint density at radius 3 is 3.06 bits per heavy atom. The predicted molar refractivity (Wildman–Crippen MR) is 67.9 cm³/mol. The number of rotatable bonds is 4. The molecule has 1 saturated heterocycles. The lowest BCUT2D eigenvalue weighted by Crippen LogP contribution is -2.36. The van der Waals surface area contributed by atoms with Crippen LogP contribution in [0.25, 0.3) is 0 Å². The van der Waals surface area contributed by atoms with Crippen molar-refractivity contribution in [3.8, 4) is 5.75 Å². The summed E-state index contributed by atoms with van der Waals surface area (Å²) >= 11 is 0. The van der Waals surface area contributed by atoms with Crippen LogP contribution in [0.5, 0.6) is 5.75 Å². The standard InChI is InChI=1S/C13H18N2O3/c14-11-4-3-5-12(10-11)17-9-6-13(16)15-7-1-2-8-18-15/h3-5,10H,1-2,6-9,14H2. The van der Waals surface area contributed by atoms with E-state index in [-0.39, 0.29) is 5.91 Å². The van der Waals surface area contributed by atoms with Crippen LogP contribution >= 0.6 is 0 Å². The maximum Gasteiger partial charge on any atom is 0.249 e. The fourth-order valence-corrected chi connectivity index (χ4v) is 1.78. The summed E-state index contributed by atoms with van der Waals surface area (Å²) < 4.78 is 5.47. The zero-order valence-electron chi connectivity index (χ0n) is 10.3. The molecule has 0 radical (unpaired) electrons. The fourth-order valence-electron chi connectivity index (χ4n) is 1.78. The Balaban J connectivity index is 1.73. The van der Waals surface area contributed by atoms with E-state index in [0.29, 0.717) is 37.6 Å². The lowest BCUT2D eigenvalue weighted by atomic mass is 10.3. The van der Waals surface area contributed by atoms with Crippen LogP contribution in [0.1, 0.15) is 19.3 Å². The molecule has 0 bridgehead atoms. The van der Waals surface area contributed by atoms with Gasteiger partial charge in [-0.3, -0.25) is 9.63 Å². The number of anilines is 1. The van der Waals surface area contributed by atoms with Crippen molar-refractivity contribution in [2.45, 2.75) is 19.3 Å². The number of ether oxygens (including phenoxy) is 1. The molecule has 1 aliphatic heterocycles. The molecule has 0 aliphatic carbocycles. The fraction of sp³-hybridized carbons (Fsp3) is 0.462. The molecule has 1 fully saturated rings. The molecule has 5 heteroatoms. The number of nitrogens with zero attached hydrogens (tertiary/aromatic N) is 1. The molecule has 1 amide bonds. The monoisotopic (exact) mass is 250 g/mol. The highest BCUT2D eigenvalue weighted by Crippen LogP contribution is 2.15. The second-order valence-electron chi connectivity index (χ2n) is 4.21. The smallest absolute Gasteiger partial charge is 0.249 e. The van der Waals surface area contributed by atoms with Gasteiger partial charge in [-0.05, 0) is 25.0 Å². The molecule has 0 unspecified atom stereocenters. The van der Waals surface area contributed by atoms with Crippen LogP contribution in [0.3, 0.4) is 0 Å². The van der Waals surface area contributed by atoms with E-state index in [1.807, 2.05) is 12.1 Å². The number of nitrogens with two attached hydrogens (primary N) is 1. The van der Waals surface area contributed by atoms with E-state index in [9.17, 15) is 4.79 Å². The van der Waals surface area contributed by atoms with Gasteiger partial charge in [-0.2, -0.15) is 0 Å². The number of hydrogen-bond donors (Lipinski definition) is 1. The molecular formula is C13H18N2O3. The van der Waals surface area contributed by atoms with E-state index < -0.39 is 0 Å². The zero-order chi connectivity index (χ0) is 12.8. The van der Waals surface area contributed by atoms with Crippen molar-refractivity contribution in [3.05, 3.63) is 24.3 Å². The lowest BCUT2D eigenvalue weighted by molar-refractivity contribution is -0.197. The van der Waals surface area contributed by atoms with Crippen molar-refractivity contribution in [1.82, 2.24) is 5.06 Å². The molecular weight excluding hydrogens is 232 g/mol. The van der Waals surface area contributed by atoms with Gasteiger partial charge in [-0.25, -0.2) is 5.06 Å². The first kappa shape index (κ1) is 12.7. The van der Waals surface area contributed by atoms with Crippen LogP contribution < -0.4 is 10.5 Å². The molecule has 1 aliphatic rings. The number of nitrogen functional groups attached to an aromatic ring is 1. The average Bonchev–Trinajstić information content (AvgIpc) is 2.40. The van der Waals surface area contributed by atoms with Gasteiger partial charge in [0.1, 0.15) is 5.75 Å². The summed E-state index contributed by atoms with van der Waals surface area (Å²) in [6.07, 6.45) is 2.33. The zero-order valence-corrected chi connectivity index (χ0v) is 10.3. The number of benzene rings is 1. The second kappa shape index (κ2) is 6.26. The lowest BCUT2D eigenvalue weighted by Gasteiger charge is -2.25. The van der Waals surface area contributed by atoms with E-state index in [4.69, 9.17) is 15.3 Å². The van der Waals surface area contributed by atoms with Gasteiger partial charge < -0.3 is 10.5 Å². The third kappa shape index (κ3) is 3.63. The highest BCUT2D eigenvalue weighted by Gasteiger charge is 2.17. The van der Waals surface area contributed by atoms with Gasteiger partial charge >= 0.3 is 0 Å². The number of hydrogen-bond acceptors (Lipinski definition) is 4.